The molecule has 0 bridgehead atoms. The number of aliphatic hydroxyl groups excluding tert-OH is 8. The van der Waals surface area contributed by atoms with Crippen molar-refractivity contribution in [1.82, 2.24) is 4.57 Å². The van der Waals surface area contributed by atoms with Gasteiger partial charge in [-0.05, 0) is 31.2 Å². The molecule has 2 fully saturated rings. The second-order valence-electron chi connectivity index (χ2n) is 10.2. The molecule has 3 aromatic rings. The molecule has 2 saturated heterocycles. The predicted octanol–water partition coefficient (Wildman–Crippen LogP) is -1.80. The van der Waals surface area contributed by atoms with Crippen LogP contribution in [0.1, 0.15) is 18.1 Å². The molecule has 3 heterocycles. The topological polar surface area (TPSA) is 185 Å². The first kappa shape index (κ1) is 29.5. The van der Waals surface area contributed by atoms with E-state index in [1.807, 2.05) is 43.3 Å². The van der Waals surface area contributed by atoms with Gasteiger partial charge in [-0.3, -0.25) is 0 Å². The molecule has 0 saturated carbocycles. The minimum atomic E-state index is -1.50. The molecular formula is C30H33NO10. The van der Waals surface area contributed by atoms with Gasteiger partial charge in [0.05, 0.1) is 24.2 Å². The van der Waals surface area contributed by atoms with E-state index in [0.717, 1.165) is 21.8 Å². The molecule has 11 heteroatoms. The van der Waals surface area contributed by atoms with E-state index >= 15 is 0 Å². The minimum Gasteiger partial charge on any atom is -0.394 e. The summed E-state index contributed by atoms with van der Waals surface area (Å²) < 4.78 is 13.0. The van der Waals surface area contributed by atoms with Gasteiger partial charge < -0.3 is 54.9 Å². The third kappa shape index (κ3) is 5.46. The average Bonchev–Trinajstić information content (AvgIpc) is 3.30. The fourth-order valence-corrected chi connectivity index (χ4v) is 5.34. The lowest BCUT2D eigenvalue weighted by molar-refractivity contribution is -0.214. The Labute approximate surface area is 235 Å². The van der Waals surface area contributed by atoms with Gasteiger partial charge in [-0.15, -0.1) is 0 Å². The average molecular weight is 568 g/mol. The molecule has 0 amide bonds. The molecule has 41 heavy (non-hydrogen) atoms. The van der Waals surface area contributed by atoms with Gasteiger partial charge in [-0.25, -0.2) is 0 Å². The summed E-state index contributed by atoms with van der Waals surface area (Å²) in [5.74, 6) is 11.5. The van der Waals surface area contributed by atoms with Crippen LogP contribution in [0.5, 0.6) is 0 Å². The number of aliphatic hydroxyl groups is 8. The van der Waals surface area contributed by atoms with E-state index < -0.39 is 74.3 Å². The number of nitrogens with zero attached hydrogens (tertiary/aromatic N) is 1. The summed E-state index contributed by atoms with van der Waals surface area (Å²) in [6.07, 6.45) is -13.0. The van der Waals surface area contributed by atoms with Gasteiger partial charge in [0.1, 0.15) is 61.0 Å². The van der Waals surface area contributed by atoms with Crippen molar-refractivity contribution in [2.24, 2.45) is 0 Å². The maximum Gasteiger partial charge on any atom is 0.147 e. The highest BCUT2D eigenvalue weighted by Gasteiger charge is 2.43. The van der Waals surface area contributed by atoms with Crippen LogP contribution in [0.25, 0.3) is 21.8 Å². The van der Waals surface area contributed by atoms with Crippen LogP contribution >= 0.6 is 0 Å². The van der Waals surface area contributed by atoms with Crippen LogP contribution in [0, 0.1) is 23.7 Å². The standard InChI is InChI=1S/C30H33NO10/c1-2-31-19-11-15(5-9-21-25(34)29(38)27(36)23(13-32)40-21)3-7-17(19)18-8-4-16(12-20(18)31)6-10-22-26(35)30(39)28(37)24(14-33)41-22/h3-4,7-8,11-12,21-30,32-39H,2,13-14H2,1H3. The van der Waals surface area contributed by atoms with Gasteiger partial charge in [-0.2, -0.15) is 0 Å². The summed E-state index contributed by atoms with van der Waals surface area (Å²) in [7, 11) is 0. The molecule has 11 nitrogen and oxygen atoms in total. The van der Waals surface area contributed by atoms with Gasteiger partial charge >= 0.3 is 0 Å². The Kier molecular flexibility index (Phi) is 8.66. The van der Waals surface area contributed by atoms with Crippen molar-refractivity contribution in [1.29, 1.82) is 0 Å². The van der Waals surface area contributed by atoms with Crippen molar-refractivity contribution < 1.29 is 50.3 Å². The predicted molar refractivity (Wildman–Crippen MR) is 146 cm³/mol. The fourth-order valence-electron chi connectivity index (χ4n) is 5.34. The summed E-state index contributed by atoms with van der Waals surface area (Å²) in [5, 5.41) is 81.3. The summed E-state index contributed by atoms with van der Waals surface area (Å²) in [5.41, 5.74) is 3.08. The van der Waals surface area contributed by atoms with Gasteiger partial charge in [-0.1, -0.05) is 35.8 Å². The normalized spacial score (nSPS) is 33.7. The number of aromatic nitrogens is 1. The van der Waals surface area contributed by atoms with Gasteiger partial charge in [0.2, 0.25) is 0 Å². The van der Waals surface area contributed by atoms with E-state index in [-0.39, 0.29) is 0 Å². The number of hydrogen-bond donors (Lipinski definition) is 8. The van der Waals surface area contributed by atoms with Crippen LogP contribution < -0.4 is 0 Å². The highest BCUT2D eigenvalue weighted by Crippen LogP contribution is 2.31. The van der Waals surface area contributed by atoms with Crippen molar-refractivity contribution in [2.75, 3.05) is 13.2 Å². The number of aryl methyl sites for hydroxylation is 1. The highest BCUT2D eigenvalue weighted by atomic mass is 16.5. The Bertz CT molecular complexity index is 1420. The number of benzene rings is 2. The zero-order valence-electron chi connectivity index (χ0n) is 22.2. The summed E-state index contributed by atoms with van der Waals surface area (Å²) in [6.45, 7) is 1.58. The molecule has 2 aliphatic heterocycles. The summed E-state index contributed by atoms with van der Waals surface area (Å²) >= 11 is 0. The van der Waals surface area contributed by atoms with Crippen LogP contribution in [-0.4, -0.2) is 120 Å². The molecule has 5 rings (SSSR count). The van der Waals surface area contributed by atoms with Crippen LogP contribution in [0.15, 0.2) is 36.4 Å². The van der Waals surface area contributed by atoms with Crippen molar-refractivity contribution in [3.8, 4) is 23.7 Å². The monoisotopic (exact) mass is 567 g/mol. The second-order valence-corrected chi connectivity index (χ2v) is 10.2. The summed E-state index contributed by atoms with van der Waals surface area (Å²) in [4.78, 5) is 0. The molecule has 10 atom stereocenters. The van der Waals surface area contributed by atoms with E-state index in [9.17, 15) is 40.9 Å². The number of hydrogen-bond acceptors (Lipinski definition) is 10. The molecule has 10 unspecified atom stereocenters. The Hall–Kier alpha value is -3.04. The third-order valence-corrected chi connectivity index (χ3v) is 7.69. The lowest BCUT2D eigenvalue weighted by Gasteiger charge is -2.37. The molecule has 2 aliphatic rings. The van der Waals surface area contributed by atoms with Gasteiger partial charge in [0.15, 0.2) is 0 Å². The number of fused-ring (bicyclic) bond motifs is 3. The largest absolute Gasteiger partial charge is 0.394 e. The molecule has 0 spiro atoms. The maximum atomic E-state index is 10.3. The van der Waals surface area contributed by atoms with Crippen LogP contribution in [-0.2, 0) is 16.0 Å². The highest BCUT2D eigenvalue weighted by molar-refractivity contribution is 6.08. The van der Waals surface area contributed by atoms with Crippen LogP contribution in [0.4, 0.5) is 0 Å². The first-order valence-electron chi connectivity index (χ1n) is 13.4. The van der Waals surface area contributed by atoms with E-state index in [0.29, 0.717) is 17.7 Å². The molecular weight excluding hydrogens is 534 g/mol. The van der Waals surface area contributed by atoms with Gasteiger partial charge in [0, 0.05) is 28.4 Å². The molecule has 0 aliphatic carbocycles. The second kappa shape index (κ2) is 12.1. The van der Waals surface area contributed by atoms with E-state index in [4.69, 9.17) is 9.47 Å². The van der Waals surface area contributed by atoms with Crippen molar-refractivity contribution >= 4 is 21.8 Å². The zero-order valence-corrected chi connectivity index (χ0v) is 22.2. The van der Waals surface area contributed by atoms with E-state index in [1.165, 1.54) is 0 Å². The lowest BCUT2D eigenvalue weighted by atomic mass is 9.95. The van der Waals surface area contributed by atoms with Crippen molar-refractivity contribution in [3.63, 3.8) is 0 Å². The van der Waals surface area contributed by atoms with Crippen LogP contribution in [0.2, 0.25) is 0 Å². The van der Waals surface area contributed by atoms with Crippen molar-refractivity contribution in [2.45, 2.75) is 74.5 Å². The first-order chi connectivity index (χ1) is 19.7. The maximum absolute atomic E-state index is 10.3. The molecule has 1 aromatic heterocycles. The minimum absolute atomic E-state index is 0.527. The first-order valence-corrected chi connectivity index (χ1v) is 13.4. The Morgan fingerprint density at radius 3 is 1.41 bits per heavy atom. The van der Waals surface area contributed by atoms with E-state index in [2.05, 4.69) is 28.2 Å². The smallest absolute Gasteiger partial charge is 0.147 e. The fraction of sp³-hybridized carbons (Fsp3) is 0.467. The zero-order chi connectivity index (χ0) is 29.4. The van der Waals surface area contributed by atoms with E-state index in [1.54, 1.807) is 0 Å². The molecule has 0 radical (unpaired) electrons. The number of ether oxygens (including phenoxy) is 2. The van der Waals surface area contributed by atoms with Crippen LogP contribution in [0.3, 0.4) is 0 Å². The Morgan fingerprint density at radius 1 is 0.634 bits per heavy atom. The number of rotatable bonds is 3. The molecule has 8 N–H and O–H groups in total. The Balaban J connectivity index is 1.45. The molecule has 218 valence electrons. The summed E-state index contributed by atoms with van der Waals surface area (Å²) in [6, 6.07) is 11.3. The van der Waals surface area contributed by atoms with Crippen molar-refractivity contribution in [3.05, 3.63) is 47.5 Å². The Morgan fingerprint density at radius 2 is 1.05 bits per heavy atom. The molecule has 2 aromatic carbocycles. The van der Waals surface area contributed by atoms with Gasteiger partial charge in [0.25, 0.3) is 0 Å². The SMILES string of the molecule is CCn1c2cc(C#CC3OC(CO)C(O)C(O)C3O)ccc2c2ccc(C#CC3OC(CO)C(O)C(O)C3O)cc21. The third-order valence-electron chi connectivity index (χ3n) is 7.69. The lowest BCUT2D eigenvalue weighted by Crippen LogP contribution is -2.58. The quantitative estimate of drug-likeness (QED) is 0.168.